The van der Waals surface area contributed by atoms with Gasteiger partial charge >= 0.3 is 25.4 Å². The summed E-state index contributed by atoms with van der Waals surface area (Å²) >= 11 is 0. The number of carbonyl (C=O) groups is 2. The number of carbonyl (C=O) groups excluding carboxylic acids is 2. The van der Waals surface area contributed by atoms with Crippen LogP contribution in [0.2, 0.25) is 0 Å². The predicted octanol–water partition coefficient (Wildman–Crippen LogP) is 2.68. The van der Waals surface area contributed by atoms with E-state index in [0.717, 1.165) is 5.56 Å². The van der Waals surface area contributed by atoms with Crippen molar-refractivity contribution < 1.29 is 42.5 Å². The Morgan fingerprint density at radius 1 is 1.11 bits per heavy atom. The molecule has 2 aliphatic rings. The normalized spacial score (nSPS) is 21.9. The van der Waals surface area contributed by atoms with Gasteiger partial charge in [0.1, 0.15) is 36.3 Å². The summed E-state index contributed by atoms with van der Waals surface area (Å²) in [6, 6.07) is 14.9. The molecule has 1 aliphatic carbocycles. The maximum absolute atomic E-state index is 14.2. The molecule has 1 spiro atoms. The molecular formula is C30H34N3O11P. The summed E-state index contributed by atoms with van der Waals surface area (Å²) in [6.07, 6.45) is -0.776. The monoisotopic (exact) mass is 643 g/mol. The van der Waals surface area contributed by atoms with Crippen LogP contribution in [0.3, 0.4) is 0 Å². The van der Waals surface area contributed by atoms with Crippen molar-refractivity contribution in [2.75, 3.05) is 13.2 Å². The third-order valence-electron chi connectivity index (χ3n) is 7.61. The fourth-order valence-electron chi connectivity index (χ4n) is 5.12. The molecule has 14 nitrogen and oxygen atoms in total. The summed E-state index contributed by atoms with van der Waals surface area (Å²) in [4.78, 5) is 51.7. The Hall–Kier alpha value is -4.07. The summed E-state index contributed by atoms with van der Waals surface area (Å²) in [6.45, 7) is 2.60. The molecule has 0 bridgehead atoms. The van der Waals surface area contributed by atoms with Gasteiger partial charge in [-0.25, -0.2) is 14.2 Å². The van der Waals surface area contributed by atoms with Gasteiger partial charge in [-0.1, -0.05) is 42.5 Å². The lowest BCUT2D eigenvalue weighted by molar-refractivity contribution is -0.146. The summed E-state index contributed by atoms with van der Waals surface area (Å²) in [7, 11) is -4.51. The number of nitrogens with one attached hydrogen (secondary N) is 2. The first-order valence-corrected chi connectivity index (χ1v) is 15.9. The minimum atomic E-state index is -4.51. The lowest BCUT2D eigenvalue weighted by Gasteiger charge is -2.25. The molecule has 1 unspecified atom stereocenters. The van der Waals surface area contributed by atoms with Gasteiger partial charge in [0.15, 0.2) is 0 Å². The van der Waals surface area contributed by atoms with E-state index in [9.17, 15) is 28.8 Å². The highest BCUT2D eigenvalue weighted by Crippen LogP contribution is 2.62. The molecule has 5 rings (SSSR count). The Labute approximate surface area is 257 Å². The average Bonchev–Trinajstić information content (AvgIpc) is 3.78. The smallest absolute Gasteiger partial charge is 0.459 e. The second-order valence-electron chi connectivity index (χ2n) is 10.8. The molecule has 1 aromatic heterocycles. The van der Waals surface area contributed by atoms with E-state index in [2.05, 4.69) is 10.1 Å². The highest BCUT2D eigenvalue weighted by atomic mass is 31.2. The minimum Gasteiger partial charge on any atom is -0.462 e. The Morgan fingerprint density at radius 3 is 2.51 bits per heavy atom. The molecule has 1 saturated heterocycles. The van der Waals surface area contributed by atoms with Crippen LogP contribution >= 0.6 is 7.75 Å². The quantitative estimate of drug-likeness (QED) is 0.183. The highest BCUT2D eigenvalue weighted by molar-refractivity contribution is 7.52. The highest BCUT2D eigenvalue weighted by Gasteiger charge is 2.64. The summed E-state index contributed by atoms with van der Waals surface area (Å²) < 4.78 is 43.4. The number of rotatable bonds is 13. The zero-order chi connectivity index (χ0) is 32.2. The minimum absolute atomic E-state index is 0.0287. The second kappa shape index (κ2) is 13.5. The summed E-state index contributed by atoms with van der Waals surface area (Å²) in [5.74, 6) is -1.62. The van der Waals surface area contributed by atoms with E-state index >= 15 is 0 Å². The maximum Gasteiger partial charge on any atom is 0.459 e. The lowest BCUT2D eigenvalue weighted by atomic mass is 9.96. The van der Waals surface area contributed by atoms with Crippen molar-refractivity contribution in [3.63, 3.8) is 0 Å². The Morgan fingerprint density at radius 2 is 1.82 bits per heavy atom. The van der Waals surface area contributed by atoms with Crippen LogP contribution in [0.4, 0.5) is 0 Å². The first-order valence-electron chi connectivity index (χ1n) is 14.4. The van der Waals surface area contributed by atoms with Crippen molar-refractivity contribution in [2.24, 2.45) is 5.41 Å². The van der Waals surface area contributed by atoms with Gasteiger partial charge in [0.2, 0.25) is 0 Å². The van der Waals surface area contributed by atoms with Crippen molar-refractivity contribution in [1.29, 1.82) is 0 Å². The molecule has 240 valence electrons. The molecule has 2 fully saturated rings. The number of hydrogen-bond donors (Lipinski definition) is 3. The summed E-state index contributed by atoms with van der Waals surface area (Å²) in [5.41, 5.74) is -1.39. The largest absolute Gasteiger partial charge is 0.462 e. The second-order valence-corrected chi connectivity index (χ2v) is 12.5. The SMILES string of the molecule is CCOC(=O)c1ccccc1OP(=O)(N[C@@H](C)C(=O)OCc1ccccc1)OC[C@H]1O[C@@H](n2ccc(=O)[nH]c2=O)C2(CC2)[C@@H]1O. The van der Waals surface area contributed by atoms with Gasteiger partial charge in [-0.2, -0.15) is 5.09 Å². The average molecular weight is 644 g/mol. The topological polar surface area (TPSA) is 184 Å². The zero-order valence-corrected chi connectivity index (χ0v) is 25.5. The van der Waals surface area contributed by atoms with Crippen molar-refractivity contribution >= 4 is 19.7 Å². The van der Waals surface area contributed by atoms with Gasteiger partial charge in [0.05, 0.1) is 19.3 Å². The van der Waals surface area contributed by atoms with E-state index in [4.69, 9.17) is 23.3 Å². The molecular weight excluding hydrogens is 609 g/mol. The van der Waals surface area contributed by atoms with Crippen LogP contribution in [0.5, 0.6) is 5.75 Å². The third kappa shape index (κ3) is 7.26. The van der Waals surface area contributed by atoms with Crippen LogP contribution in [-0.2, 0) is 34.7 Å². The van der Waals surface area contributed by atoms with Crippen LogP contribution in [-0.4, -0.2) is 58.1 Å². The van der Waals surface area contributed by atoms with Gasteiger partial charge < -0.3 is 23.8 Å². The van der Waals surface area contributed by atoms with Crippen LogP contribution in [0.15, 0.2) is 76.4 Å². The summed E-state index contributed by atoms with van der Waals surface area (Å²) in [5, 5.41) is 13.8. The number of aliphatic hydroxyl groups is 1. The molecule has 0 radical (unpaired) electrons. The number of aliphatic hydroxyl groups excluding tert-OH is 1. The van der Waals surface area contributed by atoms with Gasteiger partial charge in [-0.05, 0) is 44.4 Å². The number of ether oxygens (including phenoxy) is 3. The van der Waals surface area contributed by atoms with Crippen molar-refractivity contribution in [3.05, 3.63) is 98.8 Å². The molecule has 45 heavy (non-hydrogen) atoms. The van der Waals surface area contributed by atoms with Gasteiger partial charge in [0, 0.05) is 17.7 Å². The van der Waals surface area contributed by atoms with Crippen molar-refractivity contribution in [3.8, 4) is 5.75 Å². The van der Waals surface area contributed by atoms with Gasteiger partial charge in [-0.15, -0.1) is 0 Å². The van der Waals surface area contributed by atoms with E-state index < -0.39 is 67.4 Å². The van der Waals surface area contributed by atoms with E-state index in [1.54, 1.807) is 43.3 Å². The number of H-pyrrole nitrogens is 1. The number of nitrogens with zero attached hydrogens (tertiary/aromatic N) is 1. The molecule has 2 heterocycles. The zero-order valence-electron chi connectivity index (χ0n) is 24.6. The lowest BCUT2D eigenvalue weighted by Crippen LogP contribution is -2.37. The third-order valence-corrected chi connectivity index (χ3v) is 9.24. The van der Waals surface area contributed by atoms with Crippen molar-refractivity contribution in [2.45, 2.75) is 57.8 Å². The Balaban J connectivity index is 1.35. The van der Waals surface area contributed by atoms with E-state index in [1.807, 2.05) is 6.07 Å². The molecule has 1 saturated carbocycles. The number of benzene rings is 2. The fourth-order valence-corrected chi connectivity index (χ4v) is 6.64. The predicted molar refractivity (Wildman–Crippen MR) is 158 cm³/mol. The first kappa shape index (κ1) is 32.3. The molecule has 0 amide bonds. The first-order chi connectivity index (χ1) is 21.5. The number of esters is 2. The van der Waals surface area contributed by atoms with Crippen molar-refractivity contribution in [1.82, 2.24) is 14.6 Å². The molecule has 5 atom stereocenters. The van der Waals surface area contributed by atoms with Crippen LogP contribution in [0, 0.1) is 5.41 Å². The Kier molecular flexibility index (Phi) is 9.70. The van der Waals surface area contributed by atoms with Crippen LogP contribution < -0.4 is 20.9 Å². The van der Waals surface area contributed by atoms with Crippen LogP contribution in [0.25, 0.3) is 0 Å². The molecule has 15 heteroatoms. The molecule has 3 aromatic rings. The molecule has 3 N–H and O–H groups in total. The van der Waals surface area contributed by atoms with E-state index in [-0.39, 0.29) is 24.5 Å². The van der Waals surface area contributed by atoms with E-state index in [1.165, 1.54) is 35.9 Å². The van der Waals surface area contributed by atoms with Crippen LogP contribution in [0.1, 0.15) is 48.8 Å². The molecule has 2 aromatic carbocycles. The maximum atomic E-state index is 14.2. The van der Waals surface area contributed by atoms with Gasteiger partial charge in [0.25, 0.3) is 5.56 Å². The fraction of sp³-hybridized carbons (Fsp3) is 0.400. The Bertz CT molecular complexity index is 1690. The number of para-hydroxylation sites is 1. The van der Waals surface area contributed by atoms with Gasteiger partial charge in [-0.3, -0.25) is 23.7 Å². The number of hydrogen-bond acceptors (Lipinski definition) is 11. The number of aromatic nitrogens is 2. The molecule has 1 aliphatic heterocycles. The van der Waals surface area contributed by atoms with E-state index in [0.29, 0.717) is 12.8 Å². The number of aromatic amines is 1. The standard InChI is InChI=1S/C30H34N3O11P/c1-3-40-27(37)21-11-7-8-12-22(21)44-45(39,32-19(2)26(36)41-17-20-9-5-4-6-10-20)42-18-23-25(35)30(14-15-30)28(43-23)33-16-13-24(34)31-29(33)38/h4-13,16,19,23,25,28,35H,3,14-15,17-18H2,1-2H3,(H,32,39)(H,31,34,38)/t19-,23+,25+,28+,45?/m0/s1.